The van der Waals surface area contributed by atoms with Gasteiger partial charge in [-0.25, -0.2) is 9.97 Å². The van der Waals surface area contributed by atoms with Crippen LogP contribution in [0, 0.1) is 10.1 Å². The number of hydrazine groups is 1. The van der Waals surface area contributed by atoms with E-state index in [0.717, 1.165) is 25.7 Å². The van der Waals surface area contributed by atoms with E-state index < -0.39 is 10.8 Å². The maximum atomic E-state index is 11.9. The van der Waals surface area contributed by atoms with Gasteiger partial charge in [0.25, 0.3) is 0 Å². The van der Waals surface area contributed by atoms with Crippen LogP contribution in [0.25, 0.3) is 0 Å². The first-order valence-electron chi connectivity index (χ1n) is 8.51. The van der Waals surface area contributed by atoms with Crippen molar-refractivity contribution in [3.63, 3.8) is 0 Å². The fraction of sp³-hybridized carbons (Fsp3) is 0.438. The van der Waals surface area contributed by atoms with Crippen LogP contribution in [-0.2, 0) is 0 Å². The Balaban J connectivity index is 1.75. The zero-order chi connectivity index (χ0) is 18.4. The van der Waals surface area contributed by atoms with Crippen LogP contribution in [0.3, 0.4) is 0 Å². The van der Waals surface area contributed by atoms with Crippen LogP contribution in [0.5, 0.6) is 0 Å². The van der Waals surface area contributed by atoms with Crippen LogP contribution in [-0.4, -0.2) is 26.8 Å². The molecule has 26 heavy (non-hydrogen) atoms. The lowest BCUT2D eigenvalue weighted by Crippen LogP contribution is -2.30. The summed E-state index contributed by atoms with van der Waals surface area (Å²) in [6, 6.07) is 3.18. The van der Waals surface area contributed by atoms with Crippen molar-refractivity contribution >= 4 is 23.2 Å². The number of carbonyl (C=O) groups is 1. The van der Waals surface area contributed by atoms with E-state index in [4.69, 9.17) is 4.42 Å². The van der Waals surface area contributed by atoms with Crippen LogP contribution >= 0.6 is 0 Å². The van der Waals surface area contributed by atoms with Crippen molar-refractivity contribution in [3.8, 4) is 0 Å². The minimum atomic E-state index is -0.569. The van der Waals surface area contributed by atoms with Gasteiger partial charge in [-0.05, 0) is 25.0 Å². The number of rotatable bonds is 6. The topological polar surface area (TPSA) is 135 Å². The molecule has 0 unspecified atom stereocenters. The van der Waals surface area contributed by atoms with Gasteiger partial charge in [0.1, 0.15) is 6.33 Å². The maximum Gasteiger partial charge on any atom is 0.354 e. The van der Waals surface area contributed by atoms with E-state index in [1.165, 1.54) is 31.5 Å². The average Bonchev–Trinajstić information content (AvgIpc) is 3.05. The van der Waals surface area contributed by atoms with E-state index in [2.05, 4.69) is 26.1 Å². The number of aromatic nitrogens is 2. The summed E-state index contributed by atoms with van der Waals surface area (Å²) in [5.74, 6) is -0.445. The summed E-state index contributed by atoms with van der Waals surface area (Å²) in [7, 11) is 0. The predicted octanol–water partition coefficient (Wildman–Crippen LogP) is 2.87. The molecule has 3 N–H and O–H groups in total. The second-order valence-electron chi connectivity index (χ2n) is 6.07. The normalized spacial score (nSPS) is 15.1. The molecule has 1 aliphatic carbocycles. The minimum absolute atomic E-state index is 0.0750. The van der Waals surface area contributed by atoms with Gasteiger partial charge in [-0.3, -0.25) is 25.8 Å². The number of amides is 1. The number of furan rings is 1. The highest BCUT2D eigenvalue weighted by Gasteiger charge is 2.25. The minimum Gasteiger partial charge on any atom is -0.459 e. The van der Waals surface area contributed by atoms with Gasteiger partial charge in [0.05, 0.1) is 11.2 Å². The number of anilines is 2. The van der Waals surface area contributed by atoms with E-state index in [1.807, 2.05) is 0 Å². The van der Waals surface area contributed by atoms with Crippen molar-refractivity contribution < 1.29 is 14.1 Å². The summed E-state index contributed by atoms with van der Waals surface area (Å²) < 4.78 is 4.97. The molecule has 10 heteroatoms. The summed E-state index contributed by atoms with van der Waals surface area (Å²) in [6.07, 6.45) is 8.98. The highest BCUT2D eigenvalue weighted by molar-refractivity contribution is 5.92. The van der Waals surface area contributed by atoms with Gasteiger partial charge in [-0.15, -0.1) is 0 Å². The second-order valence-corrected chi connectivity index (χ2v) is 6.07. The SMILES string of the molecule is O=C(NNc1ncnc(NC2CCCCCC2)c1[N+](=O)[O-])c1ccco1. The second kappa shape index (κ2) is 8.28. The van der Waals surface area contributed by atoms with Crippen LogP contribution in [0.2, 0.25) is 0 Å². The molecular formula is C16H20N6O4. The molecule has 2 heterocycles. The quantitative estimate of drug-likeness (QED) is 0.406. The van der Waals surface area contributed by atoms with Gasteiger partial charge in [-0.1, -0.05) is 25.7 Å². The number of nitrogens with zero attached hydrogens (tertiary/aromatic N) is 3. The molecule has 0 aliphatic heterocycles. The smallest absolute Gasteiger partial charge is 0.354 e. The van der Waals surface area contributed by atoms with Crippen LogP contribution < -0.4 is 16.2 Å². The fourth-order valence-electron chi connectivity index (χ4n) is 2.95. The standard InChI is InChI=1S/C16H20N6O4/c23-16(12-8-5-9-26-12)21-20-15-13(22(24)25)14(17-10-18-15)19-11-6-3-1-2-4-7-11/h5,8-11H,1-4,6-7H2,(H,21,23)(H2,17,18,19,20). The number of nitro groups is 1. The fourth-order valence-corrected chi connectivity index (χ4v) is 2.95. The summed E-state index contributed by atoms with van der Waals surface area (Å²) in [5, 5.41) is 14.7. The monoisotopic (exact) mass is 360 g/mol. The predicted molar refractivity (Wildman–Crippen MR) is 93.6 cm³/mol. The number of hydrogen-bond donors (Lipinski definition) is 3. The number of carbonyl (C=O) groups excluding carboxylic acids is 1. The summed E-state index contributed by atoms with van der Waals surface area (Å²) in [5.41, 5.74) is 4.50. The van der Waals surface area contributed by atoms with Crippen molar-refractivity contribution in [2.24, 2.45) is 0 Å². The average molecular weight is 360 g/mol. The summed E-state index contributed by atoms with van der Waals surface area (Å²) in [6.45, 7) is 0. The first kappa shape index (κ1) is 17.6. The Hall–Kier alpha value is -3.17. The zero-order valence-electron chi connectivity index (χ0n) is 14.1. The summed E-state index contributed by atoms with van der Waals surface area (Å²) >= 11 is 0. The van der Waals surface area contributed by atoms with E-state index in [9.17, 15) is 14.9 Å². The van der Waals surface area contributed by atoms with Crippen LogP contribution in [0.15, 0.2) is 29.1 Å². The van der Waals surface area contributed by atoms with Crippen molar-refractivity contribution in [2.45, 2.75) is 44.6 Å². The molecule has 0 atom stereocenters. The molecule has 0 saturated heterocycles. The van der Waals surface area contributed by atoms with Gasteiger partial charge in [0.2, 0.25) is 11.6 Å². The first-order valence-corrected chi connectivity index (χ1v) is 8.51. The van der Waals surface area contributed by atoms with E-state index in [-0.39, 0.29) is 29.1 Å². The first-order chi connectivity index (χ1) is 12.6. The third kappa shape index (κ3) is 4.26. The van der Waals surface area contributed by atoms with Crippen LogP contribution in [0.4, 0.5) is 17.3 Å². The Morgan fingerprint density at radius 2 is 1.92 bits per heavy atom. The van der Waals surface area contributed by atoms with Crippen molar-refractivity contribution in [2.75, 3.05) is 10.7 Å². The van der Waals surface area contributed by atoms with Crippen molar-refractivity contribution in [1.29, 1.82) is 0 Å². The van der Waals surface area contributed by atoms with Gasteiger partial charge in [-0.2, -0.15) is 0 Å². The molecule has 0 aromatic carbocycles. The molecule has 3 rings (SSSR count). The zero-order valence-corrected chi connectivity index (χ0v) is 14.1. The highest BCUT2D eigenvalue weighted by Crippen LogP contribution is 2.30. The Kier molecular flexibility index (Phi) is 5.62. The van der Waals surface area contributed by atoms with Crippen LogP contribution in [0.1, 0.15) is 49.1 Å². The molecule has 138 valence electrons. The molecule has 1 saturated carbocycles. The molecule has 0 spiro atoms. The van der Waals surface area contributed by atoms with Gasteiger partial charge in [0.15, 0.2) is 5.76 Å². The Morgan fingerprint density at radius 3 is 2.58 bits per heavy atom. The van der Waals surface area contributed by atoms with Crippen molar-refractivity contribution in [1.82, 2.24) is 15.4 Å². The largest absolute Gasteiger partial charge is 0.459 e. The Bertz CT molecular complexity index is 756. The van der Waals surface area contributed by atoms with Gasteiger partial charge in [0, 0.05) is 6.04 Å². The molecule has 0 radical (unpaired) electrons. The summed E-state index contributed by atoms with van der Waals surface area (Å²) in [4.78, 5) is 30.8. The lowest BCUT2D eigenvalue weighted by molar-refractivity contribution is -0.383. The molecular weight excluding hydrogens is 340 g/mol. The molecule has 1 aliphatic rings. The molecule has 1 amide bonds. The maximum absolute atomic E-state index is 11.9. The van der Waals surface area contributed by atoms with E-state index in [1.54, 1.807) is 6.07 Å². The third-order valence-electron chi connectivity index (χ3n) is 4.24. The number of hydrogen-bond acceptors (Lipinski definition) is 8. The highest BCUT2D eigenvalue weighted by atomic mass is 16.6. The Morgan fingerprint density at radius 1 is 1.19 bits per heavy atom. The lowest BCUT2D eigenvalue weighted by atomic mass is 10.1. The van der Waals surface area contributed by atoms with Crippen molar-refractivity contribution in [3.05, 3.63) is 40.6 Å². The lowest BCUT2D eigenvalue weighted by Gasteiger charge is -2.17. The molecule has 1 fully saturated rings. The molecule has 2 aromatic heterocycles. The Labute approximate surface area is 149 Å². The third-order valence-corrected chi connectivity index (χ3v) is 4.24. The molecule has 0 bridgehead atoms. The van der Waals surface area contributed by atoms with E-state index in [0.29, 0.717) is 0 Å². The number of nitrogens with one attached hydrogen (secondary N) is 3. The van der Waals surface area contributed by atoms with Gasteiger partial charge >= 0.3 is 11.6 Å². The molecule has 10 nitrogen and oxygen atoms in total. The molecule has 2 aromatic rings. The van der Waals surface area contributed by atoms with E-state index >= 15 is 0 Å². The van der Waals surface area contributed by atoms with Gasteiger partial charge < -0.3 is 9.73 Å².